The zero-order valence-corrected chi connectivity index (χ0v) is 13.1. The number of hydrogen-bond donors (Lipinski definition) is 2. The third-order valence-corrected chi connectivity index (χ3v) is 3.00. The van der Waals surface area contributed by atoms with Crippen LogP contribution in [0.3, 0.4) is 0 Å². The molecule has 0 bridgehead atoms. The fourth-order valence-electron chi connectivity index (χ4n) is 1.81. The maximum absolute atomic E-state index is 11.8. The molecular weight excluding hydrogens is 316 g/mol. The van der Waals surface area contributed by atoms with Crippen LogP contribution in [0.25, 0.3) is 0 Å². The lowest BCUT2D eigenvalue weighted by Crippen LogP contribution is -2.18. The minimum Gasteiger partial charge on any atom is -0.493 e. The number of carboxylic acid groups (broad SMARTS) is 1. The van der Waals surface area contributed by atoms with E-state index in [1.165, 1.54) is 19.4 Å². The molecule has 2 rings (SSSR count). The minimum absolute atomic E-state index is 0.154. The molecule has 24 heavy (non-hydrogen) atoms. The van der Waals surface area contributed by atoms with Crippen LogP contribution in [0.4, 0.5) is 0 Å². The zero-order chi connectivity index (χ0) is 17.5. The SMILES string of the molecule is COc1cc(/C(C)=N\NC(=O)c2ccco2)ccc1OCC(=O)O. The van der Waals surface area contributed by atoms with Crippen molar-refractivity contribution < 1.29 is 28.6 Å². The summed E-state index contributed by atoms with van der Waals surface area (Å²) in [5.41, 5.74) is 3.58. The van der Waals surface area contributed by atoms with Gasteiger partial charge in [-0.25, -0.2) is 10.2 Å². The normalized spacial score (nSPS) is 11.0. The average Bonchev–Trinajstić information content (AvgIpc) is 3.11. The lowest BCUT2D eigenvalue weighted by molar-refractivity contribution is -0.139. The molecule has 0 spiro atoms. The van der Waals surface area contributed by atoms with Crippen molar-refractivity contribution in [2.75, 3.05) is 13.7 Å². The van der Waals surface area contributed by atoms with Crippen molar-refractivity contribution in [3.63, 3.8) is 0 Å². The highest BCUT2D eigenvalue weighted by atomic mass is 16.5. The summed E-state index contributed by atoms with van der Waals surface area (Å²) in [5, 5.41) is 12.6. The minimum atomic E-state index is -1.08. The van der Waals surface area contributed by atoms with Gasteiger partial charge in [-0.15, -0.1) is 0 Å². The first-order valence-electron chi connectivity index (χ1n) is 6.92. The number of nitrogens with one attached hydrogen (secondary N) is 1. The molecule has 126 valence electrons. The van der Waals surface area contributed by atoms with Crippen molar-refractivity contribution in [2.45, 2.75) is 6.92 Å². The first-order valence-corrected chi connectivity index (χ1v) is 6.92. The molecule has 0 fully saturated rings. The van der Waals surface area contributed by atoms with Crippen LogP contribution in [0.2, 0.25) is 0 Å². The van der Waals surface area contributed by atoms with Gasteiger partial charge in [-0.05, 0) is 37.3 Å². The highest BCUT2D eigenvalue weighted by molar-refractivity contribution is 6.00. The van der Waals surface area contributed by atoms with Gasteiger partial charge in [0.15, 0.2) is 23.9 Å². The summed E-state index contributed by atoms with van der Waals surface area (Å²) >= 11 is 0. The molecule has 8 nitrogen and oxygen atoms in total. The third-order valence-electron chi connectivity index (χ3n) is 3.00. The van der Waals surface area contributed by atoms with Gasteiger partial charge in [-0.1, -0.05) is 0 Å². The van der Waals surface area contributed by atoms with Gasteiger partial charge in [-0.2, -0.15) is 5.10 Å². The Hall–Kier alpha value is -3.29. The van der Waals surface area contributed by atoms with E-state index < -0.39 is 18.5 Å². The molecule has 1 aromatic carbocycles. The highest BCUT2D eigenvalue weighted by Crippen LogP contribution is 2.28. The van der Waals surface area contributed by atoms with Crippen LogP contribution in [-0.4, -0.2) is 36.4 Å². The van der Waals surface area contributed by atoms with Crippen molar-refractivity contribution >= 4 is 17.6 Å². The number of amides is 1. The van der Waals surface area contributed by atoms with Crippen LogP contribution in [0.1, 0.15) is 23.0 Å². The topological polar surface area (TPSA) is 110 Å². The van der Waals surface area contributed by atoms with Crippen molar-refractivity contribution in [3.05, 3.63) is 47.9 Å². The maximum Gasteiger partial charge on any atom is 0.341 e. The monoisotopic (exact) mass is 332 g/mol. The number of nitrogens with zero attached hydrogens (tertiary/aromatic N) is 1. The number of furan rings is 1. The summed E-state index contributed by atoms with van der Waals surface area (Å²) in [6, 6.07) is 8.02. The van der Waals surface area contributed by atoms with E-state index in [1.807, 2.05) is 0 Å². The molecule has 0 unspecified atom stereocenters. The second-order valence-corrected chi connectivity index (χ2v) is 4.66. The van der Waals surface area contributed by atoms with Crippen LogP contribution in [-0.2, 0) is 4.79 Å². The molecule has 0 saturated carbocycles. The zero-order valence-electron chi connectivity index (χ0n) is 13.1. The number of carbonyl (C=O) groups excluding carboxylic acids is 1. The lowest BCUT2D eigenvalue weighted by Gasteiger charge is -2.11. The van der Waals surface area contributed by atoms with E-state index in [0.29, 0.717) is 22.8 Å². The fraction of sp³-hybridized carbons (Fsp3) is 0.188. The lowest BCUT2D eigenvalue weighted by atomic mass is 10.1. The predicted octanol–water partition coefficient (Wildman–Crippen LogP) is 1.91. The first-order chi connectivity index (χ1) is 11.5. The van der Waals surface area contributed by atoms with E-state index in [4.69, 9.17) is 19.0 Å². The number of methoxy groups -OCH3 is 1. The van der Waals surface area contributed by atoms with E-state index in [2.05, 4.69) is 10.5 Å². The van der Waals surface area contributed by atoms with Crippen LogP contribution < -0.4 is 14.9 Å². The number of hydrogen-bond acceptors (Lipinski definition) is 6. The molecular formula is C16H16N2O6. The van der Waals surface area contributed by atoms with Crippen molar-refractivity contribution in [2.24, 2.45) is 5.10 Å². The molecule has 0 aliphatic carbocycles. The molecule has 2 N–H and O–H groups in total. The standard InChI is InChI=1S/C16H16N2O6/c1-10(17-18-16(21)13-4-3-7-23-13)11-5-6-12(14(8-11)22-2)24-9-15(19)20/h3-8H,9H2,1-2H3,(H,18,21)(H,19,20)/b17-10-. The summed E-state index contributed by atoms with van der Waals surface area (Å²) < 4.78 is 15.3. The van der Waals surface area contributed by atoms with E-state index in [1.54, 1.807) is 31.2 Å². The molecule has 0 radical (unpaired) electrons. The molecule has 0 saturated heterocycles. The molecule has 8 heteroatoms. The number of ether oxygens (including phenoxy) is 2. The van der Waals surface area contributed by atoms with Gasteiger partial charge >= 0.3 is 11.9 Å². The molecule has 0 aliphatic heterocycles. The van der Waals surface area contributed by atoms with Crippen LogP contribution in [0.5, 0.6) is 11.5 Å². The first kappa shape index (κ1) is 17.1. The van der Waals surface area contributed by atoms with E-state index >= 15 is 0 Å². The number of rotatable bonds is 7. The van der Waals surface area contributed by atoms with Gasteiger partial charge < -0.3 is 19.0 Å². The van der Waals surface area contributed by atoms with Crippen molar-refractivity contribution in [3.8, 4) is 11.5 Å². The van der Waals surface area contributed by atoms with Gasteiger partial charge in [0, 0.05) is 5.56 Å². The molecule has 0 atom stereocenters. The summed E-state index contributed by atoms with van der Waals surface area (Å²) in [4.78, 5) is 22.3. The molecule has 1 amide bonds. The smallest absolute Gasteiger partial charge is 0.341 e. The Morgan fingerprint density at radius 2 is 2.08 bits per heavy atom. The summed E-state index contributed by atoms with van der Waals surface area (Å²) in [5.74, 6) is -0.731. The number of carbonyl (C=O) groups is 2. The number of carboxylic acids is 1. The average molecular weight is 332 g/mol. The number of hydrazone groups is 1. The Morgan fingerprint density at radius 3 is 2.71 bits per heavy atom. The van der Waals surface area contributed by atoms with Crippen LogP contribution in [0, 0.1) is 0 Å². The number of aliphatic carboxylic acids is 1. The maximum atomic E-state index is 11.8. The molecule has 1 heterocycles. The van der Waals surface area contributed by atoms with Gasteiger partial charge in [0.2, 0.25) is 0 Å². The van der Waals surface area contributed by atoms with Crippen molar-refractivity contribution in [1.29, 1.82) is 0 Å². The van der Waals surface area contributed by atoms with Gasteiger partial charge in [0.25, 0.3) is 0 Å². The Bertz CT molecular complexity index is 752. The van der Waals surface area contributed by atoms with Gasteiger partial charge in [0.05, 0.1) is 19.1 Å². The highest BCUT2D eigenvalue weighted by Gasteiger charge is 2.10. The quantitative estimate of drug-likeness (QED) is 0.592. The Balaban J connectivity index is 2.11. The summed E-state index contributed by atoms with van der Waals surface area (Å²) in [7, 11) is 1.44. The fourth-order valence-corrected chi connectivity index (χ4v) is 1.81. The van der Waals surface area contributed by atoms with E-state index in [9.17, 15) is 9.59 Å². The Kier molecular flexibility index (Phi) is 5.56. The van der Waals surface area contributed by atoms with Gasteiger partial charge in [-0.3, -0.25) is 4.79 Å². The molecule has 1 aromatic heterocycles. The predicted molar refractivity (Wildman–Crippen MR) is 84.5 cm³/mol. The third kappa shape index (κ3) is 4.35. The Labute approximate surface area is 137 Å². The second-order valence-electron chi connectivity index (χ2n) is 4.66. The molecule has 2 aromatic rings. The van der Waals surface area contributed by atoms with Crippen molar-refractivity contribution in [1.82, 2.24) is 5.43 Å². The largest absolute Gasteiger partial charge is 0.493 e. The molecule has 0 aliphatic rings. The van der Waals surface area contributed by atoms with Gasteiger partial charge in [0.1, 0.15) is 0 Å². The summed E-state index contributed by atoms with van der Waals surface area (Å²) in [6.07, 6.45) is 1.40. The number of benzene rings is 1. The van der Waals surface area contributed by atoms with E-state index in [0.717, 1.165) is 0 Å². The van der Waals surface area contributed by atoms with Crippen LogP contribution in [0.15, 0.2) is 46.1 Å². The second kappa shape index (κ2) is 7.82. The summed E-state index contributed by atoms with van der Waals surface area (Å²) in [6.45, 7) is 1.23. The van der Waals surface area contributed by atoms with E-state index in [-0.39, 0.29) is 5.76 Å². The Morgan fingerprint density at radius 1 is 1.29 bits per heavy atom. The van der Waals surface area contributed by atoms with Crippen LogP contribution >= 0.6 is 0 Å².